The first-order chi connectivity index (χ1) is 15.5. The van der Waals surface area contributed by atoms with Gasteiger partial charge in [-0.25, -0.2) is 0 Å². The third kappa shape index (κ3) is 4.88. The number of nitrogens with zero attached hydrogens (tertiary/aromatic N) is 1. The topological polar surface area (TPSA) is 77.1 Å². The van der Waals surface area contributed by atoms with Gasteiger partial charge in [0.25, 0.3) is 11.8 Å². The minimum absolute atomic E-state index is 0.249. The van der Waals surface area contributed by atoms with E-state index in [-0.39, 0.29) is 17.5 Å². The minimum atomic E-state index is -0.340. The number of carbonyl (C=O) groups is 2. The summed E-state index contributed by atoms with van der Waals surface area (Å²) in [5.74, 6) is 1.26. The molecule has 2 amide bonds. The maximum atomic E-state index is 13.2. The predicted octanol–water partition coefficient (Wildman–Crippen LogP) is 4.48. The van der Waals surface area contributed by atoms with Gasteiger partial charge in [-0.15, -0.1) is 0 Å². The van der Waals surface area contributed by atoms with Crippen LogP contribution in [0.1, 0.15) is 39.7 Å². The summed E-state index contributed by atoms with van der Waals surface area (Å²) in [7, 11) is 0. The molecule has 0 saturated carbocycles. The van der Waals surface area contributed by atoms with Crippen molar-refractivity contribution in [3.8, 4) is 17.2 Å². The van der Waals surface area contributed by atoms with Gasteiger partial charge >= 0.3 is 0 Å². The standard InChI is InChI=1S/C25H30N2O5/c1-5-15-27-24(28)22(17-9-12-19(13-10-17)30-6-2)23(25(27)29)26-18-11-14-20(31-7-3)21(16-18)32-8-4/h9-14,16,26H,5-8,15H2,1-4H3. The van der Waals surface area contributed by atoms with Crippen LogP contribution in [0.15, 0.2) is 48.2 Å². The fraction of sp³-hybridized carbons (Fsp3) is 0.360. The molecular formula is C25H30N2O5. The zero-order valence-electron chi connectivity index (χ0n) is 19.1. The molecule has 0 saturated heterocycles. The third-order valence-electron chi connectivity index (χ3n) is 4.88. The van der Waals surface area contributed by atoms with Crippen LogP contribution in [0.4, 0.5) is 5.69 Å². The Morgan fingerprint density at radius 3 is 2.06 bits per heavy atom. The van der Waals surface area contributed by atoms with Gasteiger partial charge in [-0.1, -0.05) is 19.1 Å². The van der Waals surface area contributed by atoms with Crippen LogP contribution in [0, 0.1) is 0 Å². The minimum Gasteiger partial charge on any atom is -0.494 e. The zero-order valence-corrected chi connectivity index (χ0v) is 19.1. The van der Waals surface area contributed by atoms with Crippen LogP contribution in [-0.4, -0.2) is 43.1 Å². The second-order valence-corrected chi connectivity index (χ2v) is 7.12. The molecule has 0 unspecified atom stereocenters. The molecule has 0 fully saturated rings. The van der Waals surface area contributed by atoms with E-state index >= 15 is 0 Å². The Bertz CT molecular complexity index is 998. The molecule has 0 aromatic heterocycles. The summed E-state index contributed by atoms with van der Waals surface area (Å²) in [5, 5.41) is 3.17. The molecule has 7 nitrogen and oxygen atoms in total. The quantitative estimate of drug-likeness (QED) is 0.521. The number of hydrogen-bond donors (Lipinski definition) is 1. The molecule has 2 aromatic carbocycles. The van der Waals surface area contributed by atoms with E-state index in [1.54, 1.807) is 42.5 Å². The van der Waals surface area contributed by atoms with E-state index < -0.39 is 0 Å². The van der Waals surface area contributed by atoms with Crippen molar-refractivity contribution in [3.63, 3.8) is 0 Å². The lowest BCUT2D eigenvalue weighted by Gasteiger charge is -2.15. The van der Waals surface area contributed by atoms with Gasteiger partial charge < -0.3 is 19.5 Å². The Morgan fingerprint density at radius 2 is 1.44 bits per heavy atom. The average Bonchev–Trinajstić information content (AvgIpc) is 3.01. The van der Waals surface area contributed by atoms with Crippen molar-refractivity contribution in [2.24, 2.45) is 0 Å². The summed E-state index contributed by atoms with van der Waals surface area (Å²) in [6.07, 6.45) is 0.679. The summed E-state index contributed by atoms with van der Waals surface area (Å²) < 4.78 is 16.8. The first-order valence-electron chi connectivity index (χ1n) is 11.0. The summed E-state index contributed by atoms with van der Waals surface area (Å²) in [6.45, 7) is 9.54. The number of anilines is 1. The molecule has 7 heteroatoms. The molecule has 1 N–H and O–H groups in total. The SMILES string of the molecule is CCCN1C(=O)C(Nc2ccc(OCC)c(OCC)c2)=C(c2ccc(OCC)cc2)C1=O. The van der Waals surface area contributed by atoms with Crippen LogP contribution in [0.5, 0.6) is 17.2 Å². The molecule has 3 rings (SSSR count). The number of nitrogens with one attached hydrogen (secondary N) is 1. The monoisotopic (exact) mass is 438 g/mol. The van der Waals surface area contributed by atoms with Crippen molar-refractivity contribution in [2.75, 3.05) is 31.7 Å². The first kappa shape index (κ1) is 23.2. The fourth-order valence-corrected chi connectivity index (χ4v) is 3.54. The van der Waals surface area contributed by atoms with Crippen LogP contribution in [0.2, 0.25) is 0 Å². The first-order valence-corrected chi connectivity index (χ1v) is 11.0. The van der Waals surface area contributed by atoms with Gasteiger partial charge in [0.05, 0.1) is 25.4 Å². The lowest BCUT2D eigenvalue weighted by molar-refractivity contribution is -0.136. The van der Waals surface area contributed by atoms with E-state index in [0.717, 1.165) is 0 Å². The number of ether oxygens (including phenoxy) is 3. The largest absolute Gasteiger partial charge is 0.494 e. The van der Waals surface area contributed by atoms with Gasteiger partial charge in [0.1, 0.15) is 11.4 Å². The van der Waals surface area contributed by atoms with Crippen molar-refractivity contribution >= 4 is 23.1 Å². The average molecular weight is 439 g/mol. The van der Waals surface area contributed by atoms with Gasteiger partial charge in [-0.3, -0.25) is 14.5 Å². The second kappa shape index (κ2) is 10.7. The lowest BCUT2D eigenvalue weighted by atomic mass is 10.0. The van der Waals surface area contributed by atoms with Crippen LogP contribution >= 0.6 is 0 Å². The Labute approximate surface area is 189 Å². The molecule has 2 aromatic rings. The molecule has 0 spiro atoms. The highest BCUT2D eigenvalue weighted by atomic mass is 16.5. The molecule has 0 aliphatic carbocycles. The third-order valence-corrected chi connectivity index (χ3v) is 4.88. The summed E-state index contributed by atoms with van der Waals surface area (Å²) in [5.41, 5.74) is 1.89. The van der Waals surface area contributed by atoms with E-state index in [4.69, 9.17) is 14.2 Å². The molecule has 1 aliphatic heterocycles. The normalized spacial score (nSPS) is 13.6. The van der Waals surface area contributed by atoms with Crippen LogP contribution in [-0.2, 0) is 9.59 Å². The van der Waals surface area contributed by atoms with Crippen LogP contribution in [0.3, 0.4) is 0 Å². The molecule has 0 bridgehead atoms. The van der Waals surface area contributed by atoms with E-state index in [2.05, 4.69) is 5.32 Å². The summed E-state index contributed by atoms with van der Waals surface area (Å²) >= 11 is 0. The predicted molar refractivity (Wildman–Crippen MR) is 124 cm³/mol. The highest BCUT2D eigenvalue weighted by Crippen LogP contribution is 2.35. The van der Waals surface area contributed by atoms with Crippen molar-refractivity contribution in [1.29, 1.82) is 0 Å². The Balaban J connectivity index is 2.01. The van der Waals surface area contributed by atoms with Gasteiger partial charge in [0, 0.05) is 18.3 Å². The second-order valence-electron chi connectivity index (χ2n) is 7.12. The Morgan fingerprint density at radius 1 is 0.781 bits per heavy atom. The molecule has 1 heterocycles. The van der Waals surface area contributed by atoms with Crippen molar-refractivity contribution < 1.29 is 23.8 Å². The number of amides is 2. The van der Waals surface area contributed by atoms with Gasteiger partial charge in [-0.05, 0) is 57.0 Å². The highest BCUT2D eigenvalue weighted by molar-refractivity contribution is 6.36. The van der Waals surface area contributed by atoms with Gasteiger partial charge in [0.2, 0.25) is 0 Å². The Kier molecular flexibility index (Phi) is 7.76. The maximum absolute atomic E-state index is 13.2. The van der Waals surface area contributed by atoms with E-state index in [1.807, 2.05) is 27.7 Å². The number of carbonyl (C=O) groups excluding carboxylic acids is 2. The van der Waals surface area contributed by atoms with Crippen molar-refractivity contribution in [1.82, 2.24) is 4.90 Å². The molecule has 1 aliphatic rings. The van der Waals surface area contributed by atoms with Gasteiger partial charge in [0.15, 0.2) is 11.5 Å². The molecular weight excluding hydrogens is 408 g/mol. The number of hydrogen-bond acceptors (Lipinski definition) is 6. The molecule has 0 atom stereocenters. The van der Waals surface area contributed by atoms with E-state index in [9.17, 15) is 9.59 Å². The van der Waals surface area contributed by atoms with Crippen LogP contribution < -0.4 is 19.5 Å². The van der Waals surface area contributed by atoms with Gasteiger partial charge in [-0.2, -0.15) is 0 Å². The molecule has 0 radical (unpaired) electrons. The fourth-order valence-electron chi connectivity index (χ4n) is 3.54. The van der Waals surface area contributed by atoms with Crippen molar-refractivity contribution in [3.05, 3.63) is 53.7 Å². The van der Waals surface area contributed by atoms with Crippen LogP contribution in [0.25, 0.3) is 5.57 Å². The smallest absolute Gasteiger partial charge is 0.278 e. The summed E-state index contributed by atoms with van der Waals surface area (Å²) in [6, 6.07) is 12.6. The summed E-state index contributed by atoms with van der Waals surface area (Å²) in [4.78, 5) is 27.6. The maximum Gasteiger partial charge on any atom is 0.278 e. The molecule has 170 valence electrons. The number of imide groups is 1. The Hall–Kier alpha value is -3.48. The number of benzene rings is 2. The van der Waals surface area contributed by atoms with E-state index in [1.165, 1.54) is 4.90 Å². The van der Waals surface area contributed by atoms with Crippen molar-refractivity contribution in [2.45, 2.75) is 34.1 Å². The zero-order chi connectivity index (χ0) is 23.1. The highest BCUT2D eigenvalue weighted by Gasteiger charge is 2.38. The number of rotatable bonds is 11. The van der Waals surface area contributed by atoms with E-state index in [0.29, 0.717) is 66.9 Å². The lowest BCUT2D eigenvalue weighted by Crippen LogP contribution is -2.33. The molecule has 32 heavy (non-hydrogen) atoms.